The van der Waals surface area contributed by atoms with Crippen molar-refractivity contribution < 1.29 is 19.5 Å². The van der Waals surface area contributed by atoms with Gasteiger partial charge >= 0.3 is 5.97 Å². The second kappa shape index (κ2) is 9.90. The van der Waals surface area contributed by atoms with E-state index in [0.29, 0.717) is 17.8 Å². The molecule has 1 heterocycles. The molecule has 0 aliphatic carbocycles. The number of likely N-dealkylation sites (N-methyl/N-ethyl adjacent to an activating group) is 1. The Balaban J connectivity index is 2.14. The van der Waals surface area contributed by atoms with Crippen LogP contribution in [-0.2, 0) is 16.0 Å². The molecule has 0 aromatic heterocycles. The molecule has 158 valence electrons. The van der Waals surface area contributed by atoms with E-state index >= 15 is 0 Å². The summed E-state index contributed by atoms with van der Waals surface area (Å²) in [4.78, 5) is 43.4. The molecular weight excluding hydrogens is 374 g/mol. The molecule has 1 aromatic rings. The van der Waals surface area contributed by atoms with Gasteiger partial charge in [0.2, 0.25) is 5.91 Å². The highest BCUT2D eigenvalue weighted by atomic mass is 16.4. The van der Waals surface area contributed by atoms with Gasteiger partial charge in [0, 0.05) is 19.6 Å². The summed E-state index contributed by atoms with van der Waals surface area (Å²) in [6.07, 6.45) is 3.31. The van der Waals surface area contributed by atoms with Gasteiger partial charge in [-0.3, -0.25) is 19.4 Å². The summed E-state index contributed by atoms with van der Waals surface area (Å²) in [6, 6.07) is 4.93. The molecule has 1 aliphatic rings. The maximum absolute atomic E-state index is 13.1. The van der Waals surface area contributed by atoms with Gasteiger partial charge in [-0.15, -0.1) is 0 Å². The number of unbranched alkanes of at least 4 members (excludes halogenated alkanes) is 2. The Labute approximate surface area is 170 Å². The summed E-state index contributed by atoms with van der Waals surface area (Å²) in [7, 11) is 1.63. The SMILES string of the molecule is CC(CC(=O)O)N1CC(=O)N(C)c2ccc(CCCCCN=C(N)N)cc2C1=O. The third kappa shape index (κ3) is 5.94. The zero-order chi connectivity index (χ0) is 21.6. The molecule has 2 amide bonds. The number of carboxylic acid groups (broad SMARTS) is 1. The average molecular weight is 403 g/mol. The van der Waals surface area contributed by atoms with Crippen molar-refractivity contribution in [1.29, 1.82) is 0 Å². The van der Waals surface area contributed by atoms with Crippen LogP contribution in [0.25, 0.3) is 0 Å². The first kappa shape index (κ1) is 22.2. The van der Waals surface area contributed by atoms with Gasteiger partial charge in [0.15, 0.2) is 5.96 Å². The zero-order valence-corrected chi connectivity index (χ0v) is 16.9. The number of hydrogen-bond donors (Lipinski definition) is 3. The van der Waals surface area contributed by atoms with Crippen molar-refractivity contribution in [3.8, 4) is 0 Å². The number of aliphatic carboxylic acids is 1. The summed E-state index contributed by atoms with van der Waals surface area (Å²) in [5.74, 6) is -1.48. The van der Waals surface area contributed by atoms with Crippen molar-refractivity contribution in [3.63, 3.8) is 0 Å². The Kier molecular flexibility index (Phi) is 7.58. The van der Waals surface area contributed by atoms with Crippen molar-refractivity contribution in [2.75, 3.05) is 25.0 Å². The predicted molar refractivity (Wildman–Crippen MR) is 111 cm³/mol. The fraction of sp³-hybridized carbons (Fsp3) is 0.500. The first-order valence-electron chi connectivity index (χ1n) is 9.68. The zero-order valence-electron chi connectivity index (χ0n) is 16.9. The lowest BCUT2D eigenvalue weighted by Gasteiger charge is -2.26. The molecule has 1 atom stereocenters. The number of aliphatic imine (C=N–C) groups is 1. The van der Waals surface area contributed by atoms with Crippen LogP contribution in [0.2, 0.25) is 0 Å². The van der Waals surface area contributed by atoms with Crippen LogP contribution < -0.4 is 16.4 Å². The number of nitrogens with two attached hydrogens (primary N) is 2. The quantitative estimate of drug-likeness (QED) is 0.318. The molecular formula is C20H29N5O4. The van der Waals surface area contributed by atoms with Crippen LogP contribution >= 0.6 is 0 Å². The molecule has 0 spiro atoms. The van der Waals surface area contributed by atoms with Crippen LogP contribution in [0.15, 0.2) is 23.2 Å². The maximum atomic E-state index is 13.1. The second-order valence-electron chi connectivity index (χ2n) is 7.30. The number of rotatable bonds is 9. The number of carboxylic acids is 1. The van der Waals surface area contributed by atoms with Gasteiger partial charge in [-0.25, -0.2) is 0 Å². The van der Waals surface area contributed by atoms with E-state index in [1.807, 2.05) is 12.1 Å². The fourth-order valence-corrected chi connectivity index (χ4v) is 3.36. The van der Waals surface area contributed by atoms with E-state index in [2.05, 4.69) is 4.99 Å². The number of benzene rings is 1. The number of amides is 2. The minimum Gasteiger partial charge on any atom is -0.481 e. The number of aryl methyl sites for hydroxylation is 1. The van der Waals surface area contributed by atoms with Crippen molar-refractivity contribution in [2.24, 2.45) is 16.5 Å². The number of hydrogen-bond acceptors (Lipinski definition) is 4. The number of guanidine groups is 1. The molecule has 29 heavy (non-hydrogen) atoms. The first-order chi connectivity index (χ1) is 13.7. The minimum atomic E-state index is -1.01. The second-order valence-corrected chi connectivity index (χ2v) is 7.30. The average Bonchev–Trinajstić information content (AvgIpc) is 2.74. The third-order valence-corrected chi connectivity index (χ3v) is 5.01. The lowest BCUT2D eigenvalue weighted by Crippen LogP contribution is -2.43. The molecule has 0 fully saturated rings. The number of anilines is 1. The summed E-state index contributed by atoms with van der Waals surface area (Å²) in [6.45, 7) is 2.09. The predicted octanol–water partition coefficient (Wildman–Crippen LogP) is 0.955. The molecule has 1 aliphatic heterocycles. The van der Waals surface area contributed by atoms with E-state index in [9.17, 15) is 14.4 Å². The molecule has 1 aromatic carbocycles. The highest BCUT2D eigenvalue weighted by Crippen LogP contribution is 2.28. The summed E-state index contributed by atoms with van der Waals surface area (Å²) in [5, 5.41) is 9.06. The van der Waals surface area contributed by atoms with E-state index in [1.54, 1.807) is 20.0 Å². The van der Waals surface area contributed by atoms with E-state index < -0.39 is 12.0 Å². The van der Waals surface area contributed by atoms with Gasteiger partial charge in [0.25, 0.3) is 5.91 Å². The molecule has 0 radical (unpaired) electrons. The first-order valence-corrected chi connectivity index (χ1v) is 9.68. The van der Waals surface area contributed by atoms with Crippen LogP contribution in [0, 0.1) is 0 Å². The van der Waals surface area contributed by atoms with Gasteiger partial charge in [0.05, 0.1) is 17.7 Å². The standard InChI is InChI=1S/C20H29N5O4/c1-13(10-18(27)28)25-12-17(26)24(2)16-8-7-14(11-15(16)19(25)29)6-4-3-5-9-23-20(21)22/h7-8,11,13H,3-6,9-10,12H2,1-2H3,(H,27,28)(H4,21,22,23). The molecule has 9 heteroatoms. The number of carbonyl (C=O) groups excluding carboxylic acids is 2. The summed E-state index contributed by atoms with van der Waals surface area (Å²) in [5.41, 5.74) is 12.6. The van der Waals surface area contributed by atoms with E-state index in [4.69, 9.17) is 16.6 Å². The van der Waals surface area contributed by atoms with Crippen LogP contribution in [-0.4, -0.2) is 59.9 Å². The van der Waals surface area contributed by atoms with Crippen molar-refractivity contribution in [3.05, 3.63) is 29.3 Å². The highest BCUT2D eigenvalue weighted by molar-refractivity contribution is 6.09. The van der Waals surface area contributed by atoms with E-state index in [0.717, 1.165) is 31.2 Å². The number of nitrogens with zero attached hydrogens (tertiary/aromatic N) is 3. The molecule has 0 saturated carbocycles. The number of fused-ring (bicyclic) bond motifs is 1. The van der Waals surface area contributed by atoms with Crippen LogP contribution in [0.4, 0.5) is 5.69 Å². The van der Waals surface area contributed by atoms with Crippen molar-refractivity contribution >= 4 is 29.4 Å². The summed E-state index contributed by atoms with van der Waals surface area (Å²) >= 11 is 0. The Morgan fingerprint density at radius 3 is 2.62 bits per heavy atom. The minimum absolute atomic E-state index is 0.0922. The Morgan fingerprint density at radius 2 is 1.97 bits per heavy atom. The maximum Gasteiger partial charge on any atom is 0.305 e. The number of carbonyl (C=O) groups is 3. The molecule has 0 saturated heterocycles. The van der Waals surface area contributed by atoms with Gasteiger partial charge in [-0.05, 0) is 43.9 Å². The van der Waals surface area contributed by atoms with E-state index in [1.165, 1.54) is 9.80 Å². The van der Waals surface area contributed by atoms with Gasteiger partial charge in [0.1, 0.15) is 6.54 Å². The molecule has 5 N–H and O–H groups in total. The molecule has 2 rings (SSSR count). The Hall–Kier alpha value is -3.10. The van der Waals surface area contributed by atoms with Gasteiger partial charge < -0.3 is 26.4 Å². The summed E-state index contributed by atoms with van der Waals surface area (Å²) < 4.78 is 0. The smallest absolute Gasteiger partial charge is 0.305 e. The monoisotopic (exact) mass is 403 g/mol. The van der Waals surface area contributed by atoms with Gasteiger partial charge in [-0.2, -0.15) is 0 Å². The van der Waals surface area contributed by atoms with Crippen LogP contribution in [0.5, 0.6) is 0 Å². The van der Waals surface area contributed by atoms with Gasteiger partial charge in [-0.1, -0.05) is 12.5 Å². The molecule has 1 unspecified atom stereocenters. The largest absolute Gasteiger partial charge is 0.481 e. The van der Waals surface area contributed by atoms with E-state index in [-0.39, 0.29) is 30.7 Å². The topological polar surface area (TPSA) is 142 Å². The van der Waals surface area contributed by atoms with Crippen LogP contribution in [0.3, 0.4) is 0 Å². The molecule has 0 bridgehead atoms. The van der Waals surface area contributed by atoms with Crippen LogP contribution in [0.1, 0.15) is 48.5 Å². The Morgan fingerprint density at radius 1 is 1.24 bits per heavy atom. The lowest BCUT2D eigenvalue weighted by atomic mass is 10.0. The van der Waals surface area contributed by atoms with Crippen molar-refractivity contribution in [2.45, 2.75) is 45.1 Å². The van der Waals surface area contributed by atoms with Crippen molar-refractivity contribution in [1.82, 2.24) is 4.90 Å². The fourth-order valence-electron chi connectivity index (χ4n) is 3.36. The Bertz CT molecular complexity index is 804. The normalized spacial score (nSPS) is 15.0. The lowest BCUT2D eigenvalue weighted by molar-refractivity contribution is -0.138. The highest BCUT2D eigenvalue weighted by Gasteiger charge is 2.33. The molecule has 9 nitrogen and oxygen atoms in total. The third-order valence-electron chi connectivity index (χ3n) is 5.01.